The van der Waals surface area contributed by atoms with E-state index in [9.17, 15) is 19.0 Å². The molecule has 0 aromatic carbocycles. The first-order chi connectivity index (χ1) is 23.4. The van der Waals surface area contributed by atoms with E-state index in [1.54, 1.807) is 24.8 Å². The van der Waals surface area contributed by atoms with E-state index < -0.39 is 23.8 Å². The van der Waals surface area contributed by atoms with Gasteiger partial charge in [0.1, 0.15) is 11.3 Å². The number of aromatic amines is 2. The lowest BCUT2D eigenvalue weighted by atomic mass is 9.92. The molecule has 0 saturated heterocycles. The quantitative estimate of drug-likeness (QED) is 0.130. The third kappa shape index (κ3) is 6.66. The summed E-state index contributed by atoms with van der Waals surface area (Å²) in [5.41, 5.74) is 3.01. The molecule has 0 aliphatic heterocycles. The number of aliphatic hydroxyl groups is 2. The van der Waals surface area contributed by atoms with Crippen molar-refractivity contribution < 1.29 is 19.0 Å². The van der Waals surface area contributed by atoms with Crippen LogP contribution in [0.4, 0.5) is 20.4 Å². The van der Waals surface area contributed by atoms with Crippen molar-refractivity contribution in [3.05, 3.63) is 73.1 Å². The third-order valence-electron chi connectivity index (χ3n) is 8.98. The standard InChI is InChI=1S/2C17H18FN5O/c2*18-12-9-21-16(11-8-20-15-10(11)4-3-7-19-15)23-17(12)22-13-5-1-2-6-14(13)24/h2*3-4,7-9,13-14,24H,1-2,5-6H2,(H,19,20)(H,21,22,23). The average molecular weight is 655 g/mol. The molecule has 0 radical (unpaired) electrons. The van der Waals surface area contributed by atoms with Crippen molar-refractivity contribution in [2.45, 2.75) is 75.7 Å². The SMILES string of the molecule is OC1CCCCC1Nc1nc(-c2c[nH]c3ncccc23)ncc1F.OC1CCCCC1Nc1nc(-c2c[nH]c3ncccc23)ncc1F. The molecule has 4 unspecified atom stereocenters. The Bertz CT molecular complexity index is 1870. The van der Waals surface area contributed by atoms with Gasteiger partial charge in [0.2, 0.25) is 0 Å². The molecule has 0 spiro atoms. The Labute approximate surface area is 274 Å². The second-order valence-corrected chi connectivity index (χ2v) is 12.2. The topological polar surface area (TPSA) is 173 Å². The average Bonchev–Trinajstić information content (AvgIpc) is 3.74. The van der Waals surface area contributed by atoms with E-state index in [-0.39, 0.29) is 23.7 Å². The van der Waals surface area contributed by atoms with Gasteiger partial charge in [-0.25, -0.2) is 38.7 Å². The highest BCUT2D eigenvalue weighted by atomic mass is 19.1. The van der Waals surface area contributed by atoms with E-state index in [2.05, 4.69) is 50.5 Å². The highest BCUT2D eigenvalue weighted by Gasteiger charge is 2.26. The smallest absolute Gasteiger partial charge is 0.183 e. The van der Waals surface area contributed by atoms with Crippen LogP contribution in [-0.4, -0.2) is 74.4 Å². The zero-order valence-corrected chi connectivity index (χ0v) is 26.1. The minimum absolute atomic E-state index is 0.129. The number of halogens is 2. The first kappa shape index (κ1) is 31.5. The van der Waals surface area contributed by atoms with Crippen molar-refractivity contribution in [2.24, 2.45) is 0 Å². The van der Waals surface area contributed by atoms with Gasteiger partial charge in [-0.1, -0.05) is 25.7 Å². The van der Waals surface area contributed by atoms with Crippen LogP contribution < -0.4 is 10.6 Å². The molecule has 12 nitrogen and oxygen atoms in total. The Balaban J connectivity index is 0.000000152. The number of H-pyrrole nitrogens is 2. The molecule has 48 heavy (non-hydrogen) atoms. The number of fused-ring (bicyclic) bond motifs is 2. The van der Waals surface area contributed by atoms with E-state index in [1.165, 1.54) is 0 Å². The van der Waals surface area contributed by atoms with Crippen LogP contribution in [0.3, 0.4) is 0 Å². The summed E-state index contributed by atoms with van der Waals surface area (Å²) in [5, 5.41) is 28.0. The molecule has 0 bridgehead atoms. The zero-order chi connectivity index (χ0) is 33.0. The molecule has 6 aromatic rings. The minimum Gasteiger partial charge on any atom is -0.391 e. The molecule has 6 N–H and O–H groups in total. The normalized spacial score (nSPS) is 21.1. The van der Waals surface area contributed by atoms with Crippen LogP contribution in [0.2, 0.25) is 0 Å². The maximum atomic E-state index is 14.1. The van der Waals surface area contributed by atoms with Gasteiger partial charge < -0.3 is 30.8 Å². The molecule has 2 fully saturated rings. The van der Waals surface area contributed by atoms with Gasteiger partial charge in [0, 0.05) is 46.7 Å². The number of anilines is 2. The number of nitrogens with one attached hydrogen (secondary N) is 4. The van der Waals surface area contributed by atoms with Gasteiger partial charge in [0.25, 0.3) is 0 Å². The van der Waals surface area contributed by atoms with Gasteiger partial charge in [0.15, 0.2) is 34.9 Å². The summed E-state index contributed by atoms with van der Waals surface area (Å²) in [7, 11) is 0. The Morgan fingerprint density at radius 2 is 1.06 bits per heavy atom. The van der Waals surface area contributed by atoms with Crippen molar-refractivity contribution >= 4 is 33.7 Å². The fraction of sp³-hybridized carbons (Fsp3) is 0.353. The monoisotopic (exact) mass is 654 g/mol. The molecule has 8 rings (SSSR count). The largest absolute Gasteiger partial charge is 0.391 e. The van der Waals surface area contributed by atoms with Gasteiger partial charge in [-0.2, -0.15) is 0 Å². The molecular weight excluding hydrogens is 618 g/mol. The second-order valence-electron chi connectivity index (χ2n) is 12.2. The van der Waals surface area contributed by atoms with Gasteiger partial charge in [-0.15, -0.1) is 0 Å². The van der Waals surface area contributed by atoms with E-state index in [0.717, 1.165) is 97.0 Å². The lowest BCUT2D eigenvalue weighted by molar-refractivity contribution is 0.116. The molecule has 0 amide bonds. The second kappa shape index (κ2) is 14.0. The maximum absolute atomic E-state index is 14.1. The summed E-state index contributed by atoms with van der Waals surface area (Å²) >= 11 is 0. The van der Waals surface area contributed by atoms with Crippen molar-refractivity contribution in [1.29, 1.82) is 0 Å². The van der Waals surface area contributed by atoms with E-state index >= 15 is 0 Å². The molecule has 2 saturated carbocycles. The van der Waals surface area contributed by atoms with Crippen LogP contribution in [0, 0.1) is 11.6 Å². The zero-order valence-electron chi connectivity index (χ0n) is 26.1. The Morgan fingerprint density at radius 1 is 0.625 bits per heavy atom. The predicted molar refractivity (Wildman–Crippen MR) is 178 cm³/mol. The van der Waals surface area contributed by atoms with Crippen LogP contribution in [0.1, 0.15) is 51.4 Å². The van der Waals surface area contributed by atoms with Crippen molar-refractivity contribution in [3.63, 3.8) is 0 Å². The van der Waals surface area contributed by atoms with Crippen LogP contribution >= 0.6 is 0 Å². The Morgan fingerprint density at radius 3 is 1.50 bits per heavy atom. The van der Waals surface area contributed by atoms with Crippen LogP contribution in [0.15, 0.2) is 61.4 Å². The van der Waals surface area contributed by atoms with Crippen molar-refractivity contribution in [3.8, 4) is 22.8 Å². The highest BCUT2D eigenvalue weighted by molar-refractivity contribution is 5.92. The Kier molecular flexibility index (Phi) is 9.16. The molecule has 6 heterocycles. The number of aromatic nitrogens is 8. The number of aliphatic hydroxyl groups excluding tert-OH is 2. The van der Waals surface area contributed by atoms with Crippen LogP contribution in [0.5, 0.6) is 0 Å². The molecule has 2 aliphatic rings. The first-order valence-electron chi connectivity index (χ1n) is 16.2. The number of hydrogen-bond acceptors (Lipinski definition) is 10. The van der Waals surface area contributed by atoms with Gasteiger partial charge in [-0.05, 0) is 49.9 Å². The van der Waals surface area contributed by atoms with E-state index in [4.69, 9.17) is 0 Å². The predicted octanol–water partition coefficient (Wildman–Crippen LogP) is 5.75. The summed E-state index contributed by atoms with van der Waals surface area (Å²) in [6, 6.07) is 7.14. The molecule has 6 aromatic heterocycles. The minimum atomic E-state index is -0.519. The van der Waals surface area contributed by atoms with Gasteiger partial charge in [-0.3, -0.25) is 0 Å². The number of nitrogens with zero attached hydrogens (tertiary/aromatic N) is 6. The molecule has 2 aliphatic carbocycles. The Hall–Kier alpha value is -5.08. The molecular formula is C34H36F2N10O2. The van der Waals surface area contributed by atoms with Crippen LogP contribution in [0.25, 0.3) is 44.8 Å². The van der Waals surface area contributed by atoms with Crippen molar-refractivity contribution in [2.75, 3.05) is 10.6 Å². The molecule has 14 heteroatoms. The van der Waals surface area contributed by atoms with Crippen molar-refractivity contribution in [1.82, 2.24) is 39.9 Å². The molecule has 4 atom stereocenters. The van der Waals surface area contributed by atoms with Gasteiger partial charge in [0.05, 0.1) is 36.7 Å². The summed E-state index contributed by atoms with van der Waals surface area (Å²) in [6.45, 7) is 0. The lowest BCUT2D eigenvalue weighted by Gasteiger charge is -2.28. The van der Waals surface area contributed by atoms with Crippen LogP contribution in [-0.2, 0) is 0 Å². The summed E-state index contributed by atoms with van der Waals surface area (Å²) in [6.07, 6.45) is 15.4. The fourth-order valence-electron chi connectivity index (χ4n) is 6.39. The van der Waals surface area contributed by atoms with E-state index in [1.807, 2.05) is 24.3 Å². The maximum Gasteiger partial charge on any atom is 0.183 e. The van der Waals surface area contributed by atoms with E-state index in [0.29, 0.717) is 11.6 Å². The summed E-state index contributed by atoms with van der Waals surface area (Å²) in [4.78, 5) is 31.5. The molecule has 248 valence electrons. The summed E-state index contributed by atoms with van der Waals surface area (Å²) < 4.78 is 28.2. The highest BCUT2D eigenvalue weighted by Crippen LogP contribution is 2.29. The number of rotatable bonds is 6. The summed E-state index contributed by atoms with van der Waals surface area (Å²) in [5.74, 6) is 0.0595. The number of hydrogen-bond donors (Lipinski definition) is 6. The third-order valence-corrected chi connectivity index (χ3v) is 8.98. The number of pyridine rings is 2. The lowest BCUT2D eigenvalue weighted by Crippen LogP contribution is -2.36. The first-order valence-corrected chi connectivity index (χ1v) is 16.2. The fourth-order valence-corrected chi connectivity index (χ4v) is 6.39. The van der Waals surface area contributed by atoms with Gasteiger partial charge >= 0.3 is 0 Å².